The van der Waals surface area contributed by atoms with Gasteiger partial charge in [-0.3, -0.25) is 4.98 Å². The van der Waals surface area contributed by atoms with Crippen LogP contribution in [-0.4, -0.2) is 38.5 Å². The molecule has 0 aromatic carbocycles. The van der Waals surface area contributed by atoms with Crippen LogP contribution < -0.4 is 5.32 Å². The summed E-state index contributed by atoms with van der Waals surface area (Å²) in [5.41, 5.74) is 0.852. The zero-order chi connectivity index (χ0) is 12.3. The predicted octanol–water partition coefficient (Wildman–Crippen LogP) is 1.36. The largest absolute Gasteiger partial charge is 0.382 e. The van der Waals surface area contributed by atoms with Gasteiger partial charge in [0.1, 0.15) is 5.82 Å². The highest BCUT2D eigenvalue weighted by molar-refractivity contribution is 5.09. The second-order valence-electron chi connectivity index (χ2n) is 3.65. The lowest BCUT2D eigenvalue weighted by molar-refractivity contribution is 0.0695. The van der Waals surface area contributed by atoms with Crippen molar-refractivity contribution in [3.63, 3.8) is 0 Å². The van der Waals surface area contributed by atoms with Crippen molar-refractivity contribution in [2.75, 3.05) is 33.5 Å². The number of rotatable bonds is 9. The standard InChI is InChI=1S/C12H19FN2O2/c1-16-5-6-17-4-2-3-14-8-11-7-12(13)10-15-9-11/h7,9-10,14H,2-6,8H2,1H3. The molecule has 0 amide bonds. The summed E-state index contributed by atoms with van der Waals surface area (Å²) in [7, 11) is 1.65. The van der Waals surface area contributed by atoms with Crippen LogP contribution in [0.2, 0.25) is 0 Å². The van der Waals surface area contributed by atoms with E-state index in [0.29, 0.717) is 26.4 Å². The number of ether oxygens (including phenoxy) is 2. The fourth-order valence-corrected chi connectivity index (χ4v) is 1.33. The van der Waals surface area contributed by atoms with Crippen LogP contribution in [0.5, 0.6) is 0 Å². The Bertz CT molecular complexity index is 310. The number of aromatic nitrogens is 1. The lowest BCUT2D eigenvalue weighted by Gasteiger charge is -2.05. The topological polar surface area (TPSA) is 43.4 Å². The molecule has 0 unspecified atom stereocenters. The number of nitrogens with one attached hydrogen (secondary N) is 1. The van der Waals surface area contributed by atoms with Crippen molar-refractivity contribution < 1.29 is 13.9 Å². The molecule has 5 heteroatoms. The molecule has 0 aliphatic carbocycles. The molecule has 4 nitrogen and oxygen atoms in total. The third kappa shape index (κ3) is 6.99. The monoisotopic (exact) mass is 242 g/mol. The summed E-state index contributed by atoms with van der Waals surface area (Å²) in [5, 5.41) is 3.20. The number of hydrogen-bond acceptors (Lipinski definition) is 4. The Labute approximate surface area is 101 Å². The van der Waals surface area contributed by atoms with Crippen LogP contribution in [0.25, 0.3) is 0 Å². The van der Waals surface area contributed by atoms with E-state index in [1.54, 1.807) is 13.3 Å². The molecular weight excluding hydrogens is 223 g/mol. The van der Waals surface area contributed by atoms with Crippen LogP contribution in [0, 0.1) is 5.82 Å². The molecule has 1 aromatic rings. The maximum Gasteiger partial charge on any atom is 0.141 e. The van der Waals surface area contributed by atoms with E-state index in [-0.39, 0.29) is 5.82 Å². The van der Waals surface area contributed by atoms with Gasteiger partial charge in [0, 0.05) is 26.5 Å². The van der Waals surface area contributed by atoms with Gasteiger partial charge in [0.2, 0.25) is 0 Å². The molecule has 0 aliphatic rings. The molecule has 1 rings (SSSR count). The lowest BCUT2D eigenvalue weighted by atomic mass is 10.3. The van der Waals surface area contributed by atoms with Crippen LogP contribution >= 0.6 is 0 Å². The van der Waals surface area contributed by atoms with Gasteiger partial charge in [-0.05, 0) is 24.6 Å². The van der Waals surface area contributed by atoms with E-state index in [1.807, 2.05) is 0 Å². The number of hydrogen-bond donors (Lipinski definition) is 1. The number of halogens is 1. The fraction of sp³-hybridized carbons (Fsp3) is 0.583. The van der Waals surface area contributed by atoms with Gasteiger partial charge in [0.05, 0.1) is 19.4 Å². The van der Waals surface area contributed by atoms with E-state index < -0.39 is 0 Å². The lowest BCUT2D eigenvalue weighted by Crippen LogP contribution is -2.17. The summed E-state index contributed by atoms with van der Waals surface area (Å²) in [5.74, 6) is -0.299. The summed E-state index contributed by atoms with van der Waals surface area (Å²) in [6, 6.07) is 1.48. The van der Waals surface area contributed by atoms with E-state index in [9.17, 15) is 4.39 Å². The molecule has 0 bridgehead atoms. The molecule has 0 aliphatic heterocycles. The SMILES string of the molecule is COCCOCCCNCc1cncc(F)c1. The third-order valence-corrected chi connectivity index (χ3v) is 2.16. The normalized spacial score (nSPS) is 10.7. The molecule has 0 fully saturated rings. The predicted molar refractivity (Wildman–Crippen MR) is 63.2 cm³/mol. The highest BCUT2D eigenvalue weighted by atomic mass is 19.1. The summed E-state index contributed by atoms with van der Waals surface area (Å²) in [4.78, 5) is 3.78. The van der Waals surface area contributed by atoms with Crippen molar-refractivity contribution in [1.82, 2.24) is 10.3 Å². The van der Waals surface area contributed by atoms with Crippen molar-refractivity contribution in [2.45, 2.75) is 13.0 Å². The van der Waals surface area contributed by atoms with Gasteiger partial charge in [-0.2, -0.15) is 0 Å². The molecule has 0 radical (unpaired) electrons. The molecule has 96 valence electrons. The molecule has 17 heavy (non-hydrogen) atoms. The van der Waals surface area contributed by atoms with Gasteiger partial charge in [-0.25, -0.2) is 4.39 Å². The Kier molecular flexibility index (Phi) is 7.46. The quantitative estimate of drug-likeness (QED) is 0.664. The highest BCUT2D eigenvalue weighted by Gasteiger charge is 1.95. The maximum absolute atomic E-state index is 12.8. The smallest absolute Gasteiger partial charge is 0.141 e. The van der Waals surface area contributed by atoms with Crippen LogP contribution in [0.1, 0.15) is 12.0 Å². The third-order valence-electron chi connectivity index (χ3n) is 2.16. The van der Waals surface area contributed by atoms with Gasteiger partial charge in [0.25, 0.3) is 0 Å². The van der Waals surface area contributed by atoms with Crippen LogP contribution in [0.3, 0.4) is 0 Å². The summed E-state index contributed by atoms with van der Waals surface area (Å²) < 4.78 is 23.0. The first kappa shape index (κ1) is 14.0. The van der Waals surface area contributed by atoms with Gasteiger partial charge in [-0.15, -0.1) is 0 Å². The number of pyridine rings is 1. The first-order valence-electron chi connectivity index (χ1n) is 5.70. The second kappa shape index (κ2) is 9.04. The average Bonchev–Trinajstić information content (AvgIpc) is 2.33. The van der Waals surface area contributed by atoms with Crippen molar-refractivity contribution in [2.24, 2.45) is 0 Å². The molecule has 0 saturated carbocycles. The molecule has 1 aromatic heterocycles. The summed E-state index contributed by atoms with van der Waals surface area (Å²) in [6.45, 7) is 3.43. The second-order valence-corrected chi connectivity index (χ2v) is 3.65. The highest BCUT2D eigenvalue weighted by Crippen LogP contribution is 1.99. The Balaban J connectivity index is 1.97. The van der Waals surface area contributed by atoms with Crippen molar-refractivity contribution in [3.8, 4) is 0 Å². The van der Waals surface area contributed by atoms with Crippen molar-refractivity contribution in [3.05, 3.63) is 29.8 Å². The minimum atomic E-state index is -0.299. The van der Waals surface area contributed by atoms with Gasteiger partial charge in [0.15, 0.2) is 0 Å². The number of methoxy groups -OCH3 is 1. The number of nitrogens with zero attached hydrogens (tertiary/aromatic N) is 1. The zero-order valence-corrected chi connectivity index (χ0v) is 10.1. The minimum Gasteiger partial charge on any atom is -0.382 e. The van der Waals surface area contributed by atoms with E-state index in [4.69, 9.17) is 9.47 Å². The Hall–Kier alpha value is -1.04. The maximum atomic E-state index is 12.8. The van der Waals surface area contributed by atoms with Gasteiger partial charge < -0.3 is 14.8 Å². The van der Waals surface area contributed by atoms with E-state index in [0.717, 1.165) is 18.5 Å². The minimum absolute atomic E-state index is 0.299. The summed E-state index contributed by atoms with van der Waals surface area (Å²) in [6.07, 6.45) is 3.78. The molecule has 0 spiro atoms. The molecular formula is C12H19FN2O2. The first-order chi connectivity index (χ1) is 8.33. The molecule has 0 atom stereocenters. The van der Waals surface area contributed by atoms with Crippen molar-refractivity contribution in [1.29, 1.82) is 0 Å². The van der Waals surface area contributed by atoms with E-state index in [1.165, 1.54) is 12.3 Å². The van der Waals surface area contributed by atoms with E-state index >= 15 is 0 Å². The van der Waals surface area contributed by atoms with Crippen LogP contribution in [0.15, 0.2) is 18.5 Å². The molecule has 1 N–H and O–H groups in total. The Morgan fingerprint density at radius 2 is 2.18 bits per heavy atom. The Morgan fingerprint density at radius 1 is 1.29 bits per heavy atom. The average molecular weight is 242 g/mol. The van der Waals surface area contributed by atoms with Crippen LogP contribution in [0.4, 0.5) is 4.39 Å². The van der Waals surface area contributed by atoms with E-state index in [2.05, 4.69) is 10.3 Å². The summed E-state index contributed by atoms with van der Waals surface area (Å²) >= 11 is 0. The molecule has 0 saturated heterocycles. The zero-order valence-electron chi connectivity index (χ0n) is 10.1. The fourth-order valence-electron chi connectivity index (χ4n) is 1.33. The Morgan fingerprint density at radius 3 is 2.94 bits per heavy atom. The van der Waals surface area contributed by atoms with Gasteiger partial charge in [-0.1, -0.05) is 0 Å². The van der Waals surface area contributed by atoms with Crippen LogP contribution in [-0.2, 0) is 16.0 Å². The molecule has 1 heterocycles. The van der Waals surface area contributed by atoms with Crippen molar-refractivity contribution >= 4 is 0 Å². The van der Waals surface area contributed by atoms with Gasteiger partial charge >= 0.3 is 0 Å². The first-order valence-corrected chi connectivity index (χ1v) is 5.70.